The fraction of sp³-hybridized carbons (Fsp3) is 0.333. The Hall–Kier alpha value is -1.77. The molecule has 0 fully saturated rings. The van der Waals surface area contributed by atoms with E-state index in [9.17, 15) is 13.2 Å². The Balaban J connectivity index is 1.83. The number of nitrogens with zero attached hydrogens (tertiary/aromatic N) is 2. The number of benzene rings is 1. The lowest BCUT2D eigenvalue weighted by Gasteiger charge is -2.13. The fourth-order valence-corrected chi connectivity index (χ4v) is 3.10. The summed E-state index contributed by atoms with van der Waals surface area (Å²) >= 11 is 1.50. The van der Waals surface area contributed by atoms with Crippen LogP contribution in [-0.4, -0.2) is 50.0 Å². The van der Waals surface area contributed by atoms with Gasteiger partial charge in [0.25, 0.3) is 0 Å². The first-order valence-corrected chi connectivity index (χ1v) is 9.77. The van der Waals surface area contributed by atoms with Crippen molar-refractivity contribution in [3.05, 3.63) is 41.4 Å². The summed E-state index contributed by atoms with van der Waals surface area (Å²) in [6, 6.07) is 9.79. The molecule has 2 aromatic rings. The molecule has 1 aromatic heterocycles. The zero-order valence-corrected chi connectivity index (χ0v) is 14.7. The van der Waals surface area contributed by atoms with Crippen molar-refractivity contribution in [2.45, 2.75) is 6.42 Å². The predicted octanol–water partition coefficient (Wildman–Crippen LogP) is 1.36. The maximum atomic E-state index is 11.9. The van der Waals surface area contributed by atoms with Crippen molar-refractivity contribution in [1.29, 1.82) is 0 Å². The van der Waals surface area contributed by atoms with Crippen LogP contribution in [0.4, 0.5) is 0 Å². The molecule has 0 aliphatic heterocycles. The van der Waals surface area contributed by atoms with E-state index in [1.807, 2.05) is 35.7 Å². The minimum Gasteiger partial charge on any atom is -0.354 e. The van der Waals surface area contributed by atoms with Gasteiger partial charge in [-0.3, -0.25) is 4.79 Å². The Morgan fingerprint density at radius 2 is 2.00 bits per heavy atom. The molecule has 0 bridgehead atoms. The van der Waals surface area contributed by atoms with Crippen LogP contribution < -0.4 is 5.32 Å². The van der Waals surface area contributed by atoms with Crippen LogP contribution in [0.3, 0.4) is 0 Å². The van der Waals surface area contributed by atoms with Crippen molar-refractivity contribution in [3.8, 4) is 10.6 Å². The van der Waals surface area contributed by atoms with E-state index in [2.05, 4.69) is 10.3 Å². The SMILES string of the molecule is CN(CCNC(=O)Cc1csc(-c2ccccc2)n1)S(C)(=O)=O. The minimum absolute atomic E-state index is 0.170. The average molecular weight is 353 g/mol. The molecular formula is C15H19N3O3S2. The number of aromatic nitrogens is 1. The van der Waals surface area contributed by atoms with Gasteiger partial charge in [0.2, 0.25) is 15.9 Å². The molecule has 2 rings (SSSR count). The van der Waals surface area contributed by atoms with E-state index in [-0.39, 0.29) is 25.4 Å². The van der Waals surface area contributed by atoms with Crippen LogP contribution >= 0.6 is 11.3 Å². The second kappa shape index (κ2) is 7.67. The Kier molecular flexibility index (Phi) is 5.86. The molecule has 0 aliphatic rings. The molecule has 23 heavy (non-hydrogen) atoms. The molecule has 1 heterocycles. The maximum absolute atomic E-state index is 11.9. The van der Waals surface area contributed by atoms with Gasteiger partial charge in [-0.2, -0.15) is 0 Å². The summed E-state index contributed by atoms with van der Waals surface area (Å²) in [5.74, 6) is -0.170. The Labute approximate surface area is 140 Å². The van der Waals surface area contributed by atoms with Gasteiger partial charge in [-0.05, 0) is 0 Å². The first-order valence-electron chi connectivity index (χ1n) is 7.04. The second-order valence-corrected chi connectivity index (χ2v) is 8.07. The molecule has 124 valence electrons. The molecule has 0 saturated carbocycles. The fourth-order valence-electron chi connectivity index (χ4n) is 1.85. The molecule has 1 amide bonds. The Morgan fingerprint density at radius 3 is 2.65 bits per heavy atom. The van der Waals surface area contributed by atoms with E-state index in [1.54, 1.807) is 0 Å². The molecule has 0 saturated heterocycles. The van der Waals surface area contributed by atoms with Gasteiger partial charge in [-0.1, -0.05) is 30.3 Å². The summed E-state index contributed by atoms with van der Waals surface area (Å²) in [4.78, 5) is 16.3. The van der Waals surface area contributed by atoms with Crippen molar-refractivity contribution in [3.63, 3.8) is 0 Å². The van der Waals surface area contributed by atoms with Gasteiger partial charge in [0.05, 0.1) is 18.4 Å². The number of thiazole rings is 1. The summed E-state index contributed by atoms with van der Waals surface area (Å²) in [6.07, 6.45) is 1.32. The van der Waals surface area contributed by atoms with Gasteiger partial charge in [-0.25, -0.2) is 17.7 Å². The van der Waals surface area contributed by atoms with Crippen LogP contribution in [0.2, 0.25) is 0 Å². The third-order valence-electron chi connectivity index (χ3n) is 3.23. The summed E-state index contributed by atoms with van der Waals surface area (Å²) in [7, 11) is -1.74. The van der Waals surface area contributed by atoms with Crippen molar-refractivity contribution < 1.29 is 13.2 Å². The van der Waals surface area contributed by atoms with E-state index in [4.69, 9.17) is 0 Å². The molecule has 0 spiro atoms. The highest BCUT2D eigenvalue weighted by Gasteiger charge is 2.12. The Bertz CT molecular complexity index is 757. The highest BCUT2D eigenvalue weighted by molar-refractivity contribution is 7.88. The number of hydrogen-bond acceptors (Lipinski definition) is 5. The zero-order chi connectivity index (χ0) is 16.9. The van der Waals surface area contributed by atoms with Gasteiger partial charge in [0.15, 0.2) is 0 Å². The molecule has 1 N–H and O–H groups in total. The first kappa shape index (κ1) is 17.6. The molecule has 0 aliphatic carbocycles. The smallest absolute Gasteiger partial charge is 0.226 e. The van der Waals surface area contributed by atoms with E-state index < -0.39 is 10.0 Å². The van der Waals surface area contributed by atoms with Crippen LogP contribution in [-0.2, 0) is 21.2 Å². The first-order chi connectivity index (χ1) is 10.9. The summed E-state index contributed by atoms with van der Waals surface area (Å²) in [5.41, 5.74) is 1.74. The van der Waals surface area contributed by atoms with Crippen LogP contribution in [0.15, 0.2) is 35.7 Å². The standard InChI is InChI=1S/C15H19N3O3S2/c1-18(23(2,20)21)9-8-16-14(19)10-13-11-22-15(17-13)12-6-4-3-5-7-12/h3-7,11H,8-10H2,1-2H3,(H,16,19). The van der Waals surface area contributed by atoms with Gasteiger partial charge >= 0.3 is 0 Å². The van der Waals surface area contributed by atoms with Crippen molar-refractivity contribution in [2.24, 2.45) is 0 Å². The average Bonchev–Trinajstić information content (AvgIpc) is 2.95. The molecular weight excluding hydrogens is 334 g/mol. The van der Waals surface area contributed by atoms with Crippen molar-refractivity contribution in [2.75, 3.05) is 26.4 Å². The Morgan fingerprint density at radius 1 is 1.30 bits per heavy atom. The largest absolute Gasteiger partial charge is 0.354 e. The van der Waals surface area contributed by atoms with Gasteiger partial charge < -0.3 is 5.32 Å². The van der Waals surface area contributed by atoms with Crippen molar-refractivity contribution in [1.82, 2.24) is 14.6 Å². The molecule has 6 nitrogen and oxygen atoms in total. The highest BCUT2D eigenvalue weighted by atomic mass is 32.2. The molecule has 0 unspecified atom stereocenters. The second-order valence-electron chi connectivity index (χ2n) is 5.12. The quantitative estimate of drug-likeness (QED) is 0.815. The number of likely N-dealkylation sites (N-methyl/N-ethyl adjacent to an activating group) is 1. The van der Waals surface area contributed by atoms with Crippen LogP contribution in [0.1, 0.15) is 5.69 Å². The van der Waals surface area contributed by atoms with Gasteiger partial charge in [-0.15, -0.1) is 11.3 Å². The van der Waals surface area contributed by atoms with Gasteiger partial charge in [0.1, 0.15) is 5.01 Å². The van der Waals surface area contributed by atoms with Gasteiger partial charge in [0, 0.05) is 31.1 Å². The maximum Gasteiger partial charge on any atom is 0.226 e. The number of rotatable bonds is 7. The van der Waals surface area contributed by atoms with Crippen LogP contribution in [0.25, 0.3) is 10.6 Å². The van der Waals surface area contributed by atoms with E-state index >= 15 is 0 Å². The van der Waals surface area contributed by atoms with E-state index in [0.717, 1.165) is 16.8 Å². The summed E-state index contributed by atoms with van der Waals surface area (Å²) in [5, 5.41) is 5.45. The van der Waals surface area contributed by atoms with E-state index in [1.165, 1.54) is 22.7 Å². The predicted molar refractivity (Wildman–Crippen MR) is 91.7 cm³/mol. The molecule has 0 atom stereocenters. The number of sulfonamides is 1. The number of nitrogens with one attached hydrogen (secondary N) is 1. The lowest BCUT2D eigenvalue weighted by atomic mass is 10.2. The van der Waals surface area contributed by atoms with Crippen LogP contribution in [0.5, 0.6) is 0 Å². The molecule has 1 aromatic carbocycles. The number of carbonyl (C=O) groups excluding carboxylic acids is 1. The van der Waals surface area contributed by atoms with E-state index in [0.29, 0.717) is 5.69 Å². The van der Waals surface area contributed by atoms with Crippen LogP contribution in [0, 0.1) is 0 Å². The number of carbonyl (C=O) groups is 1. The number of hydrogen-bond donors (Lipinski definition) is 1. The third-order valence-corrected chi connectivity index (χ3v) is 5.48. The normalized spacial score (nSPS) is 11.6. The lowest BCUT2D eigenvalue weighted by Crippen LogP contribution is -2.36. The summed E-state index contributed by atoms with van der Waals surface area (Å²) in [6.45, 7) is 0.523. The highest BCUT2D eigenvalue weighted by Crippen LogP contribution is 2.23. The number of amides is 1. The monoisotopic (exact) mass is 353 g/mol. The molecule has 0 radical (unpaired) electrons. The lowest BCUT2D eigenvalue weighted by molar-refractivity contribution is -0.120. The minimum atomic E-state index is -3.22. The summed E-state index contributed by atoms with van der Waals surface area (Å²) < 4.78 is 23.7. The molecule has 8 heteroatoms. The zero-order valence-electron chi connectivity index (χ0n) is 13.0. The van der Waals surface area contributed by atoms with Crippen molar-refractivity contribution >= 4 is 27.3 Å². The third kappa shape index (κ3) is 5.42. The topological polar surface area (TPSA) is 79.4 Å².